The maximum Gasteiger partial charge on any atom is 0.223 e. The van der Waals surface area contributed by atoms with Gasteiger partial charge in [-0.25, -0.2) is 0 Å². The first kappa shape index (κ1) is 13.0. The Morgan fingerprint density at radius 2 is 1.88 bits per heavy atom. The molecule has 0 radical (unpaired) electrons. The van der Waals surface area contributed by atoms with Crippen molar-refractivity contribution in [3.05, 3.63) is 35.9 Å². The molecule has 0 atom stereocenters. The van der Waals surface area contributed by atoms with Crippen molar-refractivity contribution >= 4 is 11.7 Å². The van der Waals surface area contributed by atoms with Gasteiger partial charge < -0.3 is 4.90 Å². The lowest BCUT2D eigenvalue weighted by atomic mass is 10.1. The molecule has 0 N–H and O–H groups in total. The van der Waals surface area contributed by atoms with Gasteiger partial charge in [-0.05, 0) is 0 Å². The summed E-state index contributed by atoms with van der Waals surface area (Å²) >= 11 is 0. The molecule has 3 nitrogen and oxygen atoms in total. The van der Waals surface area contributed by atoms with Crippen LogP contribution in [0, 0.1) is 12.3 Å². The highest BCUT2D eigenvalue weighted by Gasteiger charge is 2.11. The monoisotopic (exact) mass is 229 g/mol. The molecule has 88 valence electrons. The zero-order valence-corrected chi connectivity index (χ0v) is 9.85. The standard InChI is InChI=1S/C14H15NO2/c1-3-11-15(2)14(17)10-9-13(16)12-7-5-4-6-8-12/h1,4-8H,9-11H2,2H3. The van der Waals surface area contributed by atoms with Crippen LogP contribution < -0.4 is 0 Å². The van der Waals surface area contributed by atoms with Crippen LogP contribution in [0.25, 0.3) is 0 Å². The summed E-state index contributed by atoms with van der Waals surface area (Å²) in [7, 11) is 1.63. The number of Topliss-reactive ketones (excluding diaryl/α,β-unsaturated/α-hetero) is 1. The number of carbonyl (C=O) groups excluding carboxylic acids is 2. The van der Waals surface area contributed by atoms with E-state index in [1.807, 2.05) is 6.07 Å². The fourth-order valence-electron chi connectivity index (χ4n) is 1.40. The summed E-state index contributed by atoms with van der Waals surface area (Å²) in [5.41, 5.74) is 0.639. The van der Waals surface area contributed by atoms with Gasteiger partial charge >= 0.3 is 0 Å². The molecule has 1 rings (SSSR count). The van der Waals surface area contributed by atoms with Crippen LogP contribution in [-0.4, -0.2) is 30.2 Å². The van der Waals surface area contributed by atoms with Crippen molar-refractivity contribution in [1.82, 2.24) is 4.90 Å². The molecule has 0 aliphatic rings. The average Bonchev–Trinajstić information content (AvgIpc) is 2.36. The zero-order valence-electron chi connectivity index (χ0n) is 9.85. The molecular formula is C14H15NO2. The van der Waals surface area contributed by atoms with Crippen molar-refractivity contribution < 1.29 is 9.59 Å². The van der Waals surface area contributed by atoms with Gasteiger partial charge in [0.2, 0.25) is 5.91 Å². The summed E-state index contributed by atoms with van der Waals surface area (Å²) < 4.78 is 0. The van der Waals surface area contributed by atoms with E-state index in [2.05, 4.69) is 5.92 Å². The van der Waals surface area contributed by atoms with Gasteiger partial charge in [0, 0.05) is 25.5 Å². The number of benzene rings is 1. The Labute approximate surface area is 101 Å². The maximum absolute atomic E-state index is 11.7. The first-order valence-electron chi connectivity index (χ1n) is 5.41. The number of rotatable bonds is 5. The molecule has 0 fully saturated rings. The van der Waals surface area contributed by atoms with Crippen molar-refractivity contribution in [3.63, 3.8) is 0 Å². The molecule has 1 aromatic rings. The molecule has 0 unspecified atom stereocenters. The molecule has 1 amide bonds. The van der Waals surface area contributed by atoms with Crippen molar-refractivity contribution in [2.24, 2.45) is 0 Å². The molecule has 0 spiro atoms. The van der Waals surface area contributed by atoms with Crippen LogP contribution in [0.15, 0.2) is 30.3 Å². The summed E-state index contributed by atoms with van der Waals surface area (Å²) in [4.78, 5) is 24.7. The fraction of sp³-hybridized carbons (Fsp3) is 0.286. The molecule has 0 saturated carbocycles. The minimum Gasteiger partial charge on any atom is -0.335 e. The third-order valence-electron chi connectivity index (χ3n) is 2.42. The number of hydrogen-bond acceptors (Lipinski definition) is 2. The largest absolute Gasteiger partial charge is 0.335 e. The molecule has 0 saturated heterocycles. The highest BCUT2D eigenvalue weighted by Crippen LogP contribution is 2.06. The predicted octanol–water partition coefficient (Wildman–Crippen LogP) is 1.74. The average molecular weight is 229 g/mol. The van der Waals surface area contributed by atoms with Crippen molar-refractivity contribution in [2.75, 3.05) is 13.6 Å². The molecule has 17 heavy (non-hydrogen) atoms. The smallest absolute Gasteiger partial charge is 0.223 e. The van der Waals surface area contributed by atoms with Gasteiger partial charge in [0.25, 0.3) is 0 Å². The summed E-state index contributed by atoms with van der Waals surface area (Å²) in [5, 5.41) is 0. The Kier molecular flexibility index (Phi) is 4.96. The number of terminal acetylenes is 1. The molecule has 1 aromatic carbocycles. The second kappa shape index (κ2) is 6.49. The first-order chi connectivity index (χ1) is 8.15. The van der Waals surface area contributed by atoms with Crippen molar-refractivity contribution in [3.8, 4) is 12.3 Å². The number of carbonyl (C=O) groups is 2. The molecule has 0 aliphatic heterocycles. The lowest BCUT2D eigenvalue weighted by Crippen LogP contribution is -2.27. The predicted molar refractivity (Wildman–Crippen MR) is 66.5 cm³/mol. The molecule has 3 heteroatoms. The Morgan fingerprint density at radius 3 is 2.47 bits per heavy atom. The highest BCUT2D eigenvalue weighted by atomic mass is 16.2. The number of ketones is 1. The fourth-order valence-corrected chi connectivity index (χ4v) is 1.40. The van der Waals surface area contributed by atoms with Gasteiger partial charge in [-0.15, -0.1) is 6.42 Å². The summed E-state index contributed by atoms with van der Waals surface area (Å²) in [5.74, 6) is 2.26. The summed E-state index contributed by atoms with van der Waals surface area (Å²) in [6, 6.07) is 8.96. The molecule has 0 aliphatic carbocycles. The van der Waals surface area contributed by atoms with Crippen LogP contribution in [0.5, 0.6) is 0 Å². The minimum atomic E-state index is -0.104. The van der Waals surface area contributed by atoms with E-state index in [0.29, 0.717) is 5.56 Å². The summed E-state index contributed by atoms with van der Waals surface area (Å²) in [6.07, 6.45) is 5.52. The topological polar surface area (TPSA) is 37.4 Å². The molecule has 0 heterocycles. The van der Waals surface area contributed by atoms with E-state index in [0.717, 1.165) is 0 Å². The van der Waals surface area contributed by atoms with Gasteiger partial charge in [0.15, 0.2) is 5.78 Å². The van der Waals surface area contributed by atoms with Gasteiger partial charge in [-0.3, -0.25) is 9.59 Å². The zero-order chi connectivity index (χ0) is 12.7. The van der Waals surface area contributed by atoms with E-state index in [9.17, 15) is 9.59 Å². The van der Waals surface area contributed by atoms with E-state index >= 15 is 0 Å². The number of nitrogens with zero attached hydrogens (tertiary/aromatic N) is 1. The Morgan fingerprint density at radius 1 is 1.24 bits per heavy atom. The maximum atomic E-state index is 11.7. The Balaban J connectivity index is 2.44. The van der Waals surface area contributed by atoms with E-state index in [4.69, 9.17) is 6.42 Å². The first-order valence-corrected chi connectivity index (χ1v) is 5.41. The lowest BCUT2D eigenvalue weighted by molar-refractivity contribution is -0.129. The van der Waals surface area contributed by atoms with Gasteiger partial charge in [0.1, 0.15) is 0 Å². The van der Waals surface area contributed by atoms with Crippen molar-refractivity contribution in [1.29, 1.82) is 0 Å². The van der Waals surface area contributed by atoms with Crippen LogP contribution in [-0.2, 0) is 4.79 Å². The Hall–Kier alpha value is -2.08. The van der Waals surface area contributed by atoms with E-state index < -0.39 is 0 Å². The molecule has 0 aromatic heterocycles. The van der Waals surface area contributed by atoms with Crippen LogP contribution in [0.3, 0.4) is 0 Å². The van der Waals surface area contributed by atoms with E-state index in [-0.39, 0.29) is 31.1 Å². The van der Waals surface area contributed by atoms with E-state index in [1.165, 1.54) is 4.90 Å². The SMILES string of the molecule is C#CCN(C)C(=O)CCC(=O)c1ccccc1. The Bertz CT molecular complexity index is 431. The molecular weight excluding hydrogens is 214 g/mol. The van der Waals surface area contributed by atoms with Crippen LogP contribution in [0.2, 0.25) is 0 Å². The van der Waals surface area contributed by atoms with Crippen molar-refractivity contribution in [2.45, 2.75) is 12.8 Å². The number of amides is 1. The van der Waals surface area contributed by atoms with Gasteiger partial charge in [-0.1, -0.05) is 36.3 Å². The third kappa shape index (κ3) is 4.12. The van der Waals surface area contributed by atoms with E-state index in [1.54, 1.807) is 31.3 Å². The third-order valence-corrected chi connectivity index (χ3v) is 2.42. The molecule has 0 bridgehead atoms. The second-order valence-corrected chi connectivity index (χ2v) is 3.74. The quantitative estimate of drug-likeness (QED) is 0.569. The van der Waals surface area contributed by atoms with Crippen LogP contribution in [0.4, 0.5) is 0 Å². The number of hydrogen-bond donors (Lipinski definition) is 0. The van der Waals surface area contributed by atoms with Crippen LogP contribution in [0.1, 0.15) is 23.2 Å². The van der Waals surface area contributed by atoms with Crippen LogP contribution >= 0.6 is 0 Å². The second-order valence-electron chi connectivity index (χ2n) is 3.74. The van der Waals surface area contributed by atoms with Gasteiger partial charge in [-0.2, -0.15) is 0 Å². The van der Waals surface area contributed by atoms with Gasteiger partial charge in [0.05, 0.1) is 6.54 Å². The highest BCUT2D eigenvalue weighted by molar-refractivity contribution is 5.97. The minimum absolute atomic E-state index is 0.0203. The normalized spacial score (nSPS) is 9.41. The summed E-state index contributed by atoms with van der Waals surface area (Å²) in [6.45, 7) is 0.276. The lowest BCUT2D eigenvalue weighted by Gasteiger charge is -2.13.